The number of halogens is 3. The number of esters is 1. The third kappa shape index (κ3) is 11.4. The summed E-state index contributed by atoms with van der Waals surface area (Å²) in [5.74, 6) is -0.917. The van der Waals surface area contributed by atoms with Crippen molar-refractivity contribution in [2.45, 2.75) is 82.6 Å². The van der Waals surface area contributed by atoms with Gasteiger partial charge in [-0.3, -0.25) is 4.79 Å². The molecule has 242 valence electrons. The second-order valence-electron chi connectivity index (χ2n) is 10.8. The number of hydrogen-bond donors (Lipinski definition) is 3. The molecule has 0 spiro atoms. The highest BCUT2D eigenvalue weighted by Crippen LogP contribution is 2.38. The maximum atomic E-state index is 12.9. The molecule has 3 N–H and O–H groups in total. The number of ether oxygens (including phenoxy) is 2. The Morgan fingerprint density at radius 3 is 2.45 bits per heavy atom. The molecular weight excluding hydrogens is 587 g/mol. The molecule has 0 heterocycles. The minimum Gasteiger partial charge on any atom is -0.491 e. The maximum absolute atomic E-state index is 12.9. The molecule has 0 unspecified atom stereocenters. The van der Waals surface area contributed by atoms with Gasteiger partial charge in [0.1, 0.15) is 25.6 Å². The number of unbranched alkanes of at least 4 members (excludes halogenated alkanes) is 1. The van der Waals surface area contributed by atoms with Crippen molar-refractivity contribution in [2.75, 3.05) is 6.61 Å². The number of nitrogens with zero attached hydrogens (tertiary/aromatic N) is 1. The van der Waals surface area contributed by atoms with Crippen LogP contribution in [-0.4, -0.2) is 51.3 Å². The van der Waals surface area contributed by atoms with Gasteiger partial charge in [0.05, 0.1) is 23.9 Å². The predicted octanol–water partition coefficient (Wildman–Crippen LogP) is 5.15. The Morgan fingerprint density at radius 2 is 1.75 bits per heavy atom. The minimum atomic E-state index is -4.50. The summed E-state index contributed by atoms with van der Waals surface area (Å²) in [6.45, 7) is -0.471. The zero-order valence-electron chi connectivity index (χ0n) is 24.1. The Balaban J connectivity index is 1.36. The van der Waals surface area contributed by atoms with E-state index in [0.717, 1.165) is 12.1 Å². The van der Waals surface area contributed by atoms with Gasteiger partial charge in [-0.25, -0.2) is 0 Å². The molecule has 44 heavy (non-hydrogen) atoms. The number of benzene rings is 2. The van der Waals surface area contributed by atoms with Gasteiger partial charge in [-0.2, -0.15) is 13.2 Å². The average Bonchev–Trinajstić information content (AvgIpc) is 3.25. The van der Waals surface area contributed by atoms with Gasteiger partial charge < -0.3 is 29.6 Å². The Hall–Kier alpha value is -3.68. The van der Waals surface area contributed by atoms with Crippen molar-refractivity contribution in [3.05, 3.63) is 87.5 Å². The van der Waals surface area contributed by atoms with Gasteiger partial charge in [0.2, 0.25) is 0 Å². The molecule has 0 aliphatic heterocycles. The van der Waals surface area contributed by atoms with Crippen LogP contribution < -0.4 is 4.74 Å². The molecule has 13 heteroatoms. The Labute approximate surface area is 253 Å². The van der Waals surface area contributed by atoms with Crippen molar-refractivity contribution in [2.24, 2.45) is 11.8 Å². The number of aliphatic hydroxyl groups is 3. The van der Waals surface area contributed by atoms with Gasteiger partial charge in [-0.1, -0.05) is 42.5 Å². The molecule has 1 aliphatic rings. The van der Waals surface area contributed by atoms with Crippen LogP contribution in [0, 0.1) is 22.0 Å². The summed E-state index contributed by atoms with van der Waals surface area (Å²) < 4.78 is 49.3. The summed E-state index contributed by atoms with van der Waals surface area (Å²) in [6, 6.07) is 11.2. The Bertz CT molecular complexity index is 1240. The van der Waals surface area contributed by atoms with Crippen LogP contribution >= 0.6 is 0 Å². The van der Waals surface area contributed by atoms with Crippen LogP contribution in [0.5, 0.6) is 5.75 Å². The molecule has 2 aromatic rings. The van der Waals surface area contributed by atoms with E-state index in [1.807, 2.05) is 12.2 Å². The lowest BCUT2D eigenvalue weighted by atomic mass is 9.86. The standard InChI is InChI=1S/C31H38F3NO9/c32-31(33,34)23-10-7-11-25(16-23)42-20-24(36)14-15-27-26(28(37)17-29(27)38)12-3-1-2-4-13-30(39)43-18-21-8-5-6-9-22(21)19-44-35(40)41/h1,3,5-11,16,24,26-29,36-38H,2,4,12-15,17-20H2/b3-1-/t24-,26-,27-,28+,29-/m1/s1. The predicted molar refractivity (Wildman–Crippen MR) is 151 cm³/mol. The molecule has 0 aromatic heterocycles. The highest BCUT2D eigenvalue weighted by atomic mass is 19.4. The van der Waals surface area contributed by atoms with Gasteiger partial charge in [-0.15, -0.1) is 10.1 Å². The van der Waals surface area contributed by atoms with Crippen LogP contribution in [0.3, 0.4) is 0 Å². The first-order chi connectivity index (χ1) is 20.9. The molecule has 0 bridgehead atoms. The monoisotopic (exact) mass is 625 g/mol. The number of rotatable bonds is 17. The van der Waals surface area contributed by atoms with E-state index in [2.05, 4.69) is 4.84 Å². The Morgan fingerprint density at radius 1 is 1.05 bits per heavy atom. The molecule has 0 amide bonds. The van der Waals surface area contributed by atoms with E-state index in [-0.39, 0.29) is 56.7 Å². The highest BCUT2D eigenvalue weighted by molar-refractivity contribution is 5.69. The third-order valence-corrected chi connectivity index (χ3v) is 7.62. The van der Waals surface area contributed by atoms with E-state index in [9.17, 15) is 43.4 Å². The molecular formula is C31H38F3NO9. The SMILES string of the molecule is O=C(CCC/C=C\C[C@@H]1[C@@H](CC[C@@H](O)COc2cccc(C(F)(F)F)c2)[C@H](O)C[C@@H]1O)OCc1ccccc1CO[N+](=O)[O-]. The second kappa shape index (κ2) is 17.0. The minimum absolute atomic E-state index is 0.00268. The van der Waals surface area contributed by atoms with Gasteiger partial charge in [0, 0.05) is 6.42 Å². The van der Waals surface area contributed by atoms with Crippen LogP contribution in [0.1, 0.15) is 61.6 Å². The van der Waals surface area contributed by atoms with Gasteiger partial charge >= 0.3 is 12.1 Å². The lowest BCUT2D eigenvalue weighted by Crippen LogP contribution is -2.25. The average molecular weight is 626 g/mol. The van der Waals surface area contributed by atoms with E-state index in [0.29, 0.717) is 36.8 Å². The van der Waals surface area contributed by atoms with Crippen molar-refractivity contribution in [1.29, 1.82) is 0 Å². The third-order valence-electron chi connectivity index (χ3n) is 7.62. The van der Waals surface area contributed by atoms with E-state index >= 15 is 0 Å². The van der Waals surface area contributed by atoms with Crippen LogP contribution in [-0.2, 0) is 33.8 Å². The number of allylic oxidation sites excluding steroid dienone is 2. The van der Waals surface area contributed by atoms with E-state index in [1.54, 1.807) is 24.3 Å². The lowest BCUT2D eigenvalue weighted by Gasteiger charge is -2.23. The van der Waals surface area contributed by atoms with Crippen molar-refractivity contribution in [3.63, 3.8) is 0 Å². The maximum Gasteiger partial charge on any atom is 0.416 e. The van der Waals surface area contributed by atoms with Crippen molar-refractivity contribution < 1.29 is 52.7 Å². The summed E-state index contributed by atoms with van der Waals surface area (Å²) in [5.41, 5.74) is 0.325. The first kappa shape index (κ1) is 34.8. The fourth-order valence-electron chi connectivity index (χ4n) is 5.26. The second-order valence-corrected chi connectivity index (χ2v) is 10.8. The molecule has 0 saturated heterocycles. The van der Waals surface area contributed by atoms with Crippen LogP contribution in [0.4, 0.5) is 13.2 Å². The number of hydrogen-bond acceptors (Lipinski definition) is 9. The molecule has 1 saturated carbocycles. The smallest absolute Gasteiger partial charge is 0.416 e. The number of carbonyl (C=O) groups is 1. The zero-order chi connectivity index (χ0) is 32.1. The summed E-state index contributed by atoms with van der Waals surface area (Å²) in [4.78, 5) is 27.0. The topological polar surface area (TPSA) is 149 Å². The summed E-state index contributed by atoms with van der Waals surface area (Å²) in [5, 5.41) is 40.8. The highest BCUT2D eigenvalue weighted by Gasteiger charge is 2.40. The van der Waals surface area contributed by atoms with E-state index < -0.39 is 41.1 Å². The quantitative estimate of drug-likeness (QED) is 0.0713. The van der Waals surface area contributed by atoms with Crippen molar-refractivity contribution in [1.82, 2.24) is 0 Å². The molecule has 1 aliphatic carbocycles. The fraction of sp³-hybridized carbons (Fsp3) is 0.516. The summed E-state index contributed by atoms with van der Waals surface area (Å²) in [6.07, 6.45) is -0.506. The van der Waals surface area contributed by atoms with E-state index in [4.69, 9.17) is 9.47 Å². The van der Waals surface area contributed by atoms with Gasteiger partial charge in [0.25, 0.3) is 5.09 Å². The molecule has 1 fully saturated rings. The van der Waals surface area contributed by atoms with Gasteiger partial charge in [-0.05, 0) is 79.7 Å². The fourth-order valence-corrected chi connectivity index (χ4v) is 5.26. The lowest BCUT2D eigenvalue weighted by molar-refractivity contribution is -0.763. The van der Waals surface area contributed by atoms with Crippen LogP contribution in [0.25, 0.3) is 0 Å². The molecule has 0 radical (unpaired) electrons. The molecule has 3 rings (SSSR count). The number of carbonyl (C=O) groups excluding carboxylic acids is 1. The summed E-state index contributed by atoms with van der Waals surface area (Å²) in [7, 11) is 0. The van der Waals surface area contributed by atoms with Crippen LogP contribution in [0.15, 0.2) is 60.7 Å². The zero-order valence-corrected chi connectivity index (χ0v) is 24.1. The van der Waals surface area contributed by atoms with Crippen molar-refractivity contribution in [3.8, 4) is 5.75 Å². The van der Waals surface area contributed by atoms with E-state index in [1.165, 1.54) is 12.1 Å². The first-order valence-corrected chi connectivity index (χ1v) is 14.4. The van der Waals surface area contributed by atoms with Crippen molar-refractivity contribution >= 4 is 5.97 Å². The van der Waals surface area contributed by atoms with Gasteiger partial charge in [0.15, 0.2) is 0 Å². The molecule has 10 nitrogen and oxygen atoms in total. The molecule has 2 aromatic carbocycles. The largest absolute Gasteiger partial charge is 0.491 e. The normalized spacial score (nSPS) is 20.9. The molecule has 5 atom stereocenters. The summed E-state index contributed by atoms with van der Waals surface area (Å²) >= 11 is 0. The van der Waals surface area contributed by atoms with Crippen LogP contribution in [0.2, 0.25) is 0 Å². The Kier molecular flexibility index (Phi) is 13.4. The first-order valence-electron chi connectivity index (χ1n) is 14.4. The number of aliphatic hydroxyl groups excluding tert-OH is 3. The number of alkyl halides is 3.